The smallest absolute Gasteiger partial charge is 0.253 e. The van der Waals surface area contributed by atoms with Crippen molar-refractivity contribution in [2.45, 2.75) is 0 Å². The minimum Gasteiger partial charge on any atom is -0.336 e. The van der Waals surface area contributed by atoms with E-state index >= 15 is 0 Å². The average Bonchev–Trinajstić information content (AvgIpc) is 2.62. The molecule has 0 spiro atoms. The number of nitrogens with zero attached hydrogens (tertiary/aromatic N) is 4. The Kier molecular flexibility index (Phi) is 4.95. The summed E-state index contributed by atoms with van der Waals surface area (Å²) in [6.07, 6.45) is 4.47. The molecule has 1 fully saturated rings. The number of carbonyl (C=O) groups is 1. The normalized spacial score (nSPS) is 15.8. The largest absolute Gasteiger partial charge is 0.336 e. The van der Waals surface area contributed by atoms with Crippen LogP contribution in [0.4, 0.5) is 11.6 Å². The molecule has 1 aromatic heterocycles. The molecule has 0 bridgehead atoms. The third kappa shape index (κ3) is 4.31. The van der Waals surface area contributed by atoms with Crippen LogP contribution in [0, 0.1) is 0 Å². The summed E-state index contributed by atoms with van der Waals surface area (Å²) >= 11 is 0. The molecular weight excluding hydrogens is 342 g/mol. The van der Waals surface area contributed by atoms with Crippen LogP contribution in [0.5, 0.6) is 0 Å². The van der Waals surface area contributed by atoms with Crippen molar-refractivity contribution in [2.24, 2.45) is 0 Å². The first kappa shape index (κ1) is 17.3. The molecule has 1 aromatic carbocycles. The standard InChI is InChI=1S/C16H19N5O3S/c1-25(23,24)21-11-9-20(10-12-21)15(22)13-3-5-14(6-4-13)19-16-17-7-2-8-18-16/h2-8H,9-12H2,1H3,(H,17,18,19). The zero-order valence-electron chi connectivity index (χ0n) is 13.8. The van der Waals surface area contributed by atoms with E-state index in [1.807, 2.05) is 0 Å². The van der Waals surface area contributed by atoms with E-state index in [0.29, 0.717) is 37.7 Å². The van der Waals surface area contributed by atoms with Gasteiger partial charge < -0.3 is 10.2 Å². The van der Waals surface area contributed by atoms with Gasteiger partial charge in [-0.15, -0.1) is 0 Å². The number of anilines is 2. The van der Waals surface area contributed by atoms with Crippen LogP contribution in [0.15, 0.2) is 42.7 Å². The molecule has 8 nitrogen and oxygen atoms in total. The van der Waals surface area contributed by atoms with E-state index < -0.39 is 10.0 Å². The van der Waals surface area contributed by atoms with Gasteiger partial charge in [0.1, 0.15) is 0 Å². The predicted molar refractivity (Wildman–Crippen MR) is 94.1 cm³/mol. The molecule has 132 valence electrons. The Hall–Kier alpha value is -2.52. The fourth-order valence-corrected chi connectivity index (χ4v) is 3.42. The second-order valence-corrected chi connectivity index (χ2v) is 7.71. The maximum Gasteiger partial charge on any atom is 0.253 e. The Bertz CT molecular complexity index is 832. The SMILES string of the molecule is CS(=O)(=O)N1CCN(C(=O)c2ccc(Nc3ncccn3)cc2)CC1. The molecule has 1 amide bonds. The lowest BCUT2D eigenvalue weighted by atomic mass is 10.1. The fourth-order valence-electron chi connectivity index (χ4n) is 2.59. The number of benzene rings is 1. The number of piperazine rings is 1. The highest BCUT2D eigenvalue weighted by Crippen LogP contribution is 2.16. The van der Waals surface area contributed by atoms with Gasteiger partial charge in [-0.3, -0.25) is 4.79 Å². The maximum atomic E-state index is 12.5. The first-order chi connectivity index (χ1) is 11.9. The minimum absolute atomic E-state index is 0.101. The zero-order valence-corrected chi connectivity index (χ0v) is 14.6. The van der Waals surface area contributed by atoms with Crippen LogP contribution in [-0.4, -0.2) is 65.9 Å². The van der Waals surface area contributed by atoms with Crippen molar-refractivity contribution < 1.29 is 13.2 Å². The summed E-state index contributed by atoms with van der Waals surface area (Å²) in [5, 5.41) is 3.05. The molecule has 1 aliphatic rings. The summed E-state index contributed by atoms with van der Waals surface area (Å²) in [6, 6.07) is 8.77. The van der Waals surface area contributed by atoms with Crippen molar-refractivity contribution in [3.8, 4) is 0 Å². The Morgan fingerprint density at radius 1 is 1.04 bits per heavy atom. The zero-order chi connectivity index (χ0) is 17.9. The fraction of sp³-hybridized carbons (Fsp3) is 0.312. The molecule has 0 aliphatic carbocycles. The molecular formula is C16H19N5O3S. The molecule has 0 radical (unpaired) electrons. The van der Waals surface area contributed by atoms with Crippen molar-refractivity contribution in [1.29, 1.82) is 0 Å². The Balaban J connectivity index is 1.62. The van der Waals surface area contributed by atoms with E-state index in [2.05, 4.69) is 15.3 Å². The van der Waals surface area contributed by atoms with Crippen molar-refractivity contribution in [2.75, 3.05) is 37.8 Å². The second kappa shape index (κ2) is 7.16. The quantitative estimate of drug-likeness (QED) is 0.871. The van der Waals surface area contributed by atoms with Crippen LogP contribution < -0.4 is 5.32 Å². The topological polar surface area (TPSA) is 95.5 Å². The lowest BCUT2D eigenvalue weighted by molar-refractivity contribution is 0.0698. The maximum absolute atomic E-state index is 12.5. The van der Waals surface area contributed by atoms with Gasteiger partial charge in [-0.1, -0.05) is 0 Å². The summed E-state index contributed by atoms with van der Waals surface area (Å²) in [7, 11) is -3.20. The number of hydrogen-bond donors (Lipinski definition) is 1. The summed E-state index contributed by atoms with van der Waals surface area (Å²) in [5.41, 5.74) is 1.34. The van der Waals surface area contributed by atoms with Crippen molar-refractivity contribution in [3.63, 3.8) is 0 Å². The number of amides is 1. The molecule has 2 aromatic rings. The van der Waals surface area contributed by atoms with Gasteiger partial charge in [-0.2, -0.15) is 4.31 Å². The van der Waals surface area contributed by atoms with Crippen LogP contribution in [0.2, 0.25) is 0 Å². The van der Waals surface area contributed by atoms with Gasteiger partial charge in [0.05, 0.1) is 6.26 Å². The third-order valence-corrected chi connectivity index (χ3v) is 5.25. The van der Waals surface area contributed by atoms with E-state index in [1.165, 1.54) is 10.6 Å². The Morgan fingerprint density at radius 3 is 2.20 bits per heavy atom. The van der Waals surface area contributed by atoms with Gasteiger partial charge in [0, 0.05) is 49.8 Å². The van der Waals surface area contributed by atoms with Crippen LogP contribution in [0.1, 0.15) is 10.4 Å². The average molecular weight is 361 g/mol. The molecule has 0 saturated carbocycles. The summed E-state index contributed by atoms with van der Waals surface area (Å²) in [6.45, 7) is 1.44. The monoisotopic (exact) mass is 361 g/mol. The van der Waals surface area contributed by atoms with Crippen molar-refractivity contribution in [3.05, 3.63) is 48.3 Å². The van der Waals surface area contributed by atoms with Gasteiger partial charge >= 0.3 is 0 Å². The molecule has 0 unspecified atom stereocenters. The molecule has 9 heteroatoms. The van der Waals surface area contributed by atoms with E-state index in [-0.39, 0.29) is 5.91 Å². The van der Waals surface area contributed by atoms with Crippen molar-refractivity contribution in [1.82, 2.24) is 19.2 Å². The van der Waals surface area contributed by atoms with Gasteiger partial charge in [0.15, 0.2) is 0 Å². The summed E-state index contributed by atoms with van der Waals surface area (Å²) in [5.74, 6) is 0.383. The molecule has 0 atom stereocenters. The first-order valence-electron chi connectivity index (χ1n) is 7.82. The van der Waals surface area contributed by atoms with Gasteiger partial charge in [-0.25, -0.2) is 18.4 Å². The van der Waals surface area contributed by atoms with E-state index in [1.54, 1.807) is 47.6 Å². The summed E-state index contributed by atoms with van der Waals surface area (Å²) in [4.78, 5) is 22.4. The molecule has 1 aliphatic heterocycles. The number of carbonyl (C=O) groups excluding carboxylic acids is 1. The van der Waals surface area contributed by atoms with Crippen LogP contribution in [0.3, 0.4) is 0 Å². The third-order valence-electron chi connectivity index (χ3n) is 3.95. The minimum atomic E-state index is -3.20. The molecule has 25 heavy (non-hydrogen) atoms. The lowest BCUT2D eigenvalue weighted by Gasteiger charge is -2.33. The number of aromatic nitrogens is 2. The van der Waals surface area contributed by atoms with Crippen LogP contribution in [0.25, 0.3) is 0 Å². The predicted octanol–water partition coefficient (Wildman–Crippen LogP) is 0.938. The highest BCUT2D eigenvalue weighted by atomic mass is 32.2. The van der Waals surface area contributed by atoms with Gasteiger partial charge in [-0.05, 0) is 30.3 Å². The Labute approximate surface area is 146 Å². The highest BCUT2D eigenvalue weighted by molar-refractivity contribution is 7.88. The number of sulfonamides is 1. The van der Waals surface area contributed by atoms with Crippen molar-refractivity contribution >= 4 is 27.6 Å². The van der Waals surface area contributed by atoms with E-state index in [9.17, 15) is 13.2 Å². The number of nitrogens with one attached hydrogen (secondary N) is 1. The summed E-state index contributed by atoms with van der Waals surface area (Å²) < 4.78 is 24.4. The van der Waals surface area contributed by atoms with Gasteiger partial charge in [0.25, 0.3) is 5.91 Å². The molecule has 1 N–H and O–H groups in total. The molecule has 2 heterocycles. The molecule has 1 saturated heterocycles. The van der Waals surface area contributed by atoms with E-state index in [4.69, 9.17) is 0 Å². The highest BCUT2D eigenvalue weighted by Gasteiger charge is 2.26. The lowest BCUT2D eigenvalue weighted by Crippen LogP contribution is -2.50. The van der Waals surface area contributed by atoms with Gasteiger partial charge in [0.2, 0.25) is 16.0 Å². The van der Waals surface area contributed by atoms with E-state index in [0.717, 1.165) is 5.69 Å². The van der Waals surface area contributed by atoms with Crippen LogP contribution >= 0.6 is 0 Å². The number of hydrogen-bond acceptors (Lipinski definition) is 6. The van der Waals surface area contributed by atoms with Crippen LogP contribution in [-0.2, 0) is 10.0 Å². The first-order valence-corrected chi connectivity index (χ1v) is 9.67. The Morgan fingerprint density at radius 2 is 1.64 bits per heavy atom. The number of rotatable bonds is 4. The molecule has 3 rings (SSSR count). The second-order valence-electron chi connectivity index (χ2n) is 5.73.